The Hall–Kier alpha value is -3.18. The Morgan fingerprint density at radius 3 is 2.63 bits per heavy atom. The fourth-order valence-electron chi connectivity index (χ4n) is 3.47. The maximum atomic E-state index is 13.3. The molecule has 0 aliphatic rings. The second-order valence-electron chi connectivity index (χ2n) is 7.66. The van der Waals surface area contributed by atoms with E-state index in [2.05, 4.69) is 14.1 Å². The molecule has 7 nitrogen and oxygen atoms in total. The van der Waals surface area contributed by atoms with Crippen LogP contribution in [-0.4, -0.2) is 23.4 Å². The Labute approximate surface area is 213 Å². The summed E-state index contributed by atoms with van der Waals surface area (Å²) in [5.74, 6) is -0.778. The fraction of sp³-hybridized carbons (Fsp3) is 0.125. The molecule has 0 spiro atoms. The van der Waals surface area contributed by atoms with Crippen LogP contribution in [0, 0.1) is 12.7 Å². The van der Waals surface area contributed by atoms with E-state index in [1.54, 1.807) is 18.2 Å². The second kappa shape index (κ2) is 11.0. The normalized spacial score (nSPS) is 11.8. The average molecular weight is 531 g/mol. The molecule has 4 rings (SSSR count). The predicted octanol–water partition coefficient (Wildman–Crippen LogP) is 5.43. The maximum Gasteiger partial charge on any atom is 0.268 e. The lowest BCUT2D eigenvalue weighted by Crippen LogP contribution is -2.28. The van der Waals surface area contributed by atoms with Crippen LogP contribution >= 0.6 is 23.3 Å². The number of carbonyl (C=O) groups excluding carboxylic acids is 1. The Balaban J connectivity index is 1.67. The van der Waals surface area contributed by atoms with E-state index in [0.29, 0.717) is 17.7 Å². The van der Waals surface area contributed by atoms with E-state index >= 15 is 0 Å². The zero-order chi connectivity index (χ0) is 24.9. The summed E-state index contributed by atoms with van der Waals surface area (Å²) < 4.78 is 45.8. The van der Waals surface area contributed by atoms with Crippen molar-refractivity contribution >= 4 is 52.0 Å². The zero-order valence-corrected chi connectivity index (χ0v) is 20.8. The van der Waals surface area contributed by atoms with E-state index in [4.69, 9.17) is 11.6 Å². The average Bonchev–Trinajstić information content (AvgIpc) is 3.26. The number of nitrogens with one attached hydrogen (secondary N) is 1. The minimum absolute atomic E-state index is 0.0466. The summed E-state index contributed by atoms with van der Waals surface area (Å²) in [6, 6.07) is 18.4. The Morgan fingerprint density at radius 2 is 1.91 bits per heavy atom. The third kappa shape index (κ3) is 5.91. The van der Waals surface area contributed by atoms with Crippen molar-refractivity contribution in [2.75, 3.05) is 4.31 Å². The van der Waals surface area contributed by atoms with Gasteiger partial charge in [0.15, 0.2) is 5.82 Å². The molecule has 0 saturated heterocycles. The number of anilines is 2. The first-order valence-electron chi connectivity index (χ1n) is 10.4. The number of aryl methyl sites for hydroxylation is 1. The minimum Gasteiger partial charge on any atom is -0.348 e. The maximum absolute atomic E-state index is 13.3. The summed E-state index contributed by atoms with van der Waals surface area (Å²) in [5, 5.41) is 2.93. The fourth-order valence-corrected chi connectivity index (χ4v) is 4.92. The number of rotatable bonds is 8. The van der Waals surface area contributed by atoms with Gasteiger partial charge in [-0.25, -0.2) is 12.9 Å². The van der Waals surface area contributed by atoms with Crippen molar-refractivity contribution in [3.8, 4) is 0 Å². The van der Waals surface area contributed by atoms with Gasteiger partial charge < -0.3 is 5.32 Å². The van der Waals surface area contributed by atoms with Gasteiger partial charge >= 0.3 is 0 Å². The van der Waals surface area contributed by atoms with Crippen LogP contribution in [0.5, 0.6) is 0 Å². The van der Waals surface area contributed by atoms with Crippen molar-refractivity contribution in [3.63, 3.8) is 0 Å². The number of hydrogen-bond acceptors (Lipinski definition) is 5. The van der Waals surface area contributed by atoms with E-state index in [1.807, 2.05) is 37.3 Å². The molecule has 1 atom stereocenters. The van der Waals surface area contributed by atoms with Crippen LogP contribution in [0.2, 0.25) is 5.02 Å². The van der Waals surface area contributed by atoms with Gasteiger partial charge in [-0.1, -0.05) is 54.1 Å². The molecule has 180 valence electrons. The van der Waals surface area contributed by atoms with Crippen LogP contribution in [0.1, 0.15) is 32.7 Å². The standard InChI is InChI=1S/C24H20ClFN4O3S2/c1-15-7-10-19(24(31)27-14-17-8-9-18(26)13-20(17)25)22(11-15)30(35(32)33)23-21(28-34-29-23)12-16-5-3-2-4-6-16/h2-11,13H,12,14H2,1H3,(H,27,31)(H,32,33). The molecule has 0 saturated carbocycles. The highest BCUT2D eigenvalue weighted by Gasteiger charge is 2.27. The van der Waals surface area contributed by atoms with E-state index in [1.165, 1.54) is 18.2 Å². The van der Waals surface area contributed by atoms with Gasteiger partial charge in [0, 0.05) is 18.0 Å². The largest absolute Gasteiger partial charge is 0.348 e. The molecule has 11 heteroatoms. The van der Waals surface area contributed by atoms with Crippen LogP contribution in [-0.2, 0) is 24.2 Å². The molecule has 0 bridgehead atoms. The SMILES string of the molecule is Cc1ccc(C(=O)NCc2ccc(F)cc2Cl)c(N(c2nsnc2Cc2ccccc2)S(=O)O)c1. The minimum atomic E-state index is -2.54. The molecule has 1 unspecified atom stereocenters. The van der Waals surface area contributed by atoms with Crippen molar-refractivity contribution in [1.29, 1.82) is 0 Å². The number of aromatic nitrogens is 2. The molecule has 0 aliphatic carbocycles. The highest BCUT2D eigenvalue weighted by Crippen LogP contribution is 2.33. The smallest absolute Gasteiger partial charge is 0.268 e. The first-order valence-corrected chi connectivity index (χ1v) is 12.6. The third-order valence-electron chi connectivity index (χ3n) is 5.17. The van der Waals surface area contributed by atoms with Crippen LogP contribution in [0.25, 0.3) is 0 Å². The molecule has 4 aromatic rings. The summed E-state index contributed by atoms with van der Waals surface area (Å²) in [5.41, 5.74) is 3.15. The third-order valence-corrected chi connectivity index (χ3v) is 6.76. The Bertz CT molecular complexity index is 1380. The number of benzene rings is 3. The van der Waals surface area contributed by atoms with Gasteiger partial charge in [0.05, 0.1) is 23.0 Å². The molecule has 0 aliphatic heterocycles. The van der Waals surface area contributed by atoms with Gasteiger partial charge in [-0.3, -0.25) is 9.35 Å². The topological polar surface area (TPSA) is 95.4 Å². The first-order chi connectivity index (χ1) is 16.8. The van der Waals surface area contributed by atoms with Gasteiger partial charge in [0.1, 0.15) is 11.5 Å². The lowest BCUT2D eigenvalue weighted by molar-refractivity contribution is 0.0951. The summed E-state index contributed by atoms with van der Waals surface area (Å²) >= 11 is 4.45. The number of halogens is 2. The van der Waals surface area contributed by atoms with Crippen LogP contribution in [0.15, 0.2) is 66.7 Å². The van der Waals surface area contributed by atoms with Crippen molar-refractivity contribution in [2.45, 2.75) is 19.9 Å². The van der Waals surface area contributed by atoms with Gasteiger partial charge in [-0.05, 0) is 47.9 Å². The number of nitrogens with zero attached hydrogens (tertiary/aromatic N) is 3. The molecule has 0 radical (unpaired) electrons. The number of amides is 1. The quantitative estimate of drug-likeness (QED) is 0.296. The number of hydrogen-bond donors (Lipinski definition) is 2. The molecule has 1 aromatic heterocycles. The Kier molecular flexibility index (Phi) is 7.86. The molecule has 1 amide bonds. The molecule has 2 N–H and O–H groups in total. The monoisotopic (exact) mass is 530 g/mol. The molecular weight excluding hydrogens is 511 g/mol. The van der Waals surface area contributed by atoms with E-state index < -0.39 is 23.0 Å². The van der Waals surface area contributed by atoms with Gasteiger partial charge in [-0.15, -0.1) is 0 Å². The highest BCUT2D eigenvalue weighted by atomic mass is 35.5. The lowest BCUT2D eigenvalue weighted by Gasteiger charge is -2.22. The van der Waals surface area contributed by atoms with E-state index in [-0.39, 0.29) is 28.6 Å². The second-order valence-corrected chi connectivity index (χ2v) is 9.42. The van der Waals surface area contributed by atoms with Crippen molar-refractivity contribution in [1.82, 2.24) is 14.1 Å². The molecule has 35 heavy (non-hydrogen) atoms. The van der Waals surface area contributed by atoms with Crippen LogP contribution < -0.4 is 9.62 Å². The predicted molar refractivity (Wildman–Crippen MR) is 136 cm³/mol. The summed E-state index contributed by atoms with van der Waals surface area (Å²) in [6.07, 6.45) is 0.400. The number of carbonyl (C=O) groups is 1. The Morgan fingerprint density at radius 1 is 1.14 bits per heavy atom. The van der Waals surface area contributed by atoms with Crippen molar-refractivity contribution in [2.24, 2.45) is 0 Å². The van der Waals surface area contributed by atoms with Crippen molar-refractivity contribution < 1.29 is 17.9 Å². The molecule has 3 aromatic carbocycles. The molecule has 0 fully saturated rings. The summed E-state index contributed by atoms with van der Waals surface area (Å²) in [6.45, 7) is 1.86. The van der Waals surface area contributed by atoms with Crippen molar-refractivity contribution in [3.05, 3.63) is 106 Å². The van der Waals surface area contributed by atoms with E-state index in [0.717, 1.165) is 27.2 Å². The van der Waals surface area contributed by atoms with Gasteiger partial charge in [0.2, 0.25) is 0 Å². The lowest BCUT2D eigenvalue weighted by atomic mass is 10.1. The highest BCUT2D eigenvalue weighted by molar-refractivity contribution is 7.81. The summed E-state index contributed by atoms with van der Waals surface area (Å²) in [4.78, 5) is 13.1. The zero-order valence-electron chi connectivity index (χ0n) is 18.4. The summed E-state index contributed by atoms with van der Waals surface area (Å²) in [7, 11) is 0. The van der Waals surface area contributed by atoms with Gasteiger partial charge in [-0.2, -0.15) is 8.75 Å². The van der Waals surface area contributed by atoms with Crippen LogP contribution in [0.4, 0.5) is 15.9 Å². The first kappa shape index (κ1) is 24.9. The van der Waals surface area contributed by atoms with Gasteiger partial charge in [0.25, 0.3) is 17.2 Å². The molecule has 1 heterocycles. The van der Waals surface area contributed by atoms with Crippen LogP contribution in [0.3, 0.4) is 0 Å². The molecular formula is C24H20ClFN4O3S2. The van der Waals surface area contributed by atoms with E-state index in [9.17, 15) is 17.9 Å².